The normalized spacial score (nSPS) is 10.3. The zero-order valence-corrected chi connectivity index (χ0v) is 12.1. The van der Waals surface area contributed by atoms with E-state index >= 15 is 0 Å². The molecule has 0 atom stereocenters. The van der Waals surface area contributed by atoms with Crippen molar-refractivity contribution in [1.82, 2.24) is 0 Å². The van der Waals surface area contributed by atoms with Crippen LogP contribution in [0, 0.1) is 10.1 Å². The highest BCUT2D eigenvalue weighted by Crippen LogP contribution is 2.36. The van der Waals surface area contributed by atoms with Crippen LogP contribution >= 0.6 is 0 Å². The first-order valence-corrected chi connectivity index (χ1v) is 6.93. The van der Waals surface area contributed by atoms with Crippen LogP contribution in [0.15, 0.2) is 12.1 Å². The minimum absolute atomic E-state index is 0.0720. The molecule has 0 heterocycles. The number of hydrogen-bond donors (Lipinski definition) is 1. The molecule has 0 aromatic heterocycles. The monoisotopic (exact) mass is 282 g/mol. The van der Waals surface area contributed by atoms with Crippen LogP contribution < -0.4 is 15.2 Å². The van der Waals surface area contributed by atoms with Crippen LogP contribution in [0.4, 0.5) is 11.4 Å². The van der Waals surface area contributed by atoms with Gasteiger partial charge in [0.1, 0.15) is 5.69 Å². The summed E-state index contributed by atoms with van der Waals surface area (Å²) >= 11 is 0. The molecular weight excluding hydrogens is 260 g/mol. The van der Waals surface area contributed by atoms with Crippen LogP contribution in [0.1, 0.15) is 39.5 Å². The number of nitrogens with two attached hydrogens (primary N) is 1. The standard InChI is InChI=1S/C14H22N2O4/c1-3-5-7-19-12-9-11(16(17)18)10-13(14(12)15)20-8-6-4-2/h9-10H,3-8,15H2,1-2H3. The maximum Gasteiger partial charge on any atom is 0.277 e. The second kappa shape index (κ2) is 8.24. The van der Waals surface area contributed by atoms with Gasteiger partial charge in [0, 0.05) is 0 Å². The van der Waals surface area contributed by atoms with E-state index in [0.29, 0.717) is 30.4 Å². The van der Waals surface area contributed by atoms with Crippen LogP contribution in [-0.2, 0) is 0 Å². The van der Waals surface area contributed by atoms with Gasteiger partial charge in [-0.25, -0.2) is 0 Å². The van der Waals surface area contributed by atoms with E-state index in [1.807, 2.05) is 13.8 Å². The molecule has 0 amide bonds. The van der Waals surface area contributed by atoms with E-state index in [0.717, 1.165) is 25.7 Å². The number of benzene rings is 1. The maximum absolute atomic E-state index is 10.9. The SMILES string of the molecule is CCCCOc1cc([N+](=O)[O-])cc(OCCCC)c1N. The number of nitrogen functional groups attached to an aromatic ring is 1. The Hall–Kier alpha value is -1.98. The molecule has 2 N–H and O–H groups in total. The Morgan fingerprint density at radius 2 is 1.55 bits per heavy atom. The van der Waals surface area contributed by atoms with Gasteiger partial charge in [-0.1, -0.05) is 26.7 Å². The lowest BCUT2D eigenvalue weighted by atomic mass is 10.2. The average Bonchev–Trinajstić information content (AvgIpc) is 2.42. The summed E-state index contributed by atoms with van der Waals surface area (Å²) in [5.41, 5.74) is 6.19. The fraction of sp³-hybridized carbons (Fsp3) is 0.571. The average molecular weight is 282 g/mol. The second-order valence-electron chi connectivity index (χ2n) is 4.52. The lowest BCUT2D eigenvalue weighted by Crippen LogP contribution is -2.05. The van der Waals surface area contributed by atoms with E-state index in [1.165, 1.54) is 12.1 Å². The molecule has 6 nitrogen and oxygen atoms in total. The summed E-state index contributed by atoms with van der Waals surface area (Å²) in [4.78, 5) is 10.5. The molecular formula is C14H22N2O4. The third-order valence-corrected chi connectivity index (χ3v) is 2.81. The van der Waals surface area contributed by atoms with Crippen molar-refractivity contribution in [3.63, 3.8) is 0 Å². The van der Waals surface area contributed by atoms with Crippen LogP contribution in [0.5, 0.6) is 11.5 Å². The van der Waals surface area contributed by atoms with Gasteiger partial charge in [0.15, 0.2) is 11.5 Å². The number of hydrogen-bond acceptors (Lipinski definition) is 5. The quantitative estimate of drug-likeness (QED) is 0.324. The predicted octanol–water partition coefficient (Wildman–Crippen LogP) is 3.53. The Kier molecular flexibility index (Phi) is 6.63. The Morgan fingerprint density at radius 1 is 1.10 bits per heavy atom. The van der Waals surface area contributed by atoms with Gasteiger partial charge >= 0.3 is 0 Å². The fourth-order valence-corrected chi connectivity index (χ4v) is 1.58. The second-order valence-corrected chi connectivity index (χ2v) is 4.52. The highest BCUT2D eigenvalue weighted by Gasteiger charge is 2.16. The van der Waals surface area contributed by atoms with Crippen molar-refractivity contribution >= 4 is 11.4 Å². The summed E-state index contributed by atoms with van der Waals surface area (Å²) < 4.78 is 11.0. The Balaban J connectivity index is 2.93. The van der Waals surface area contributed by atoms with Crippen molar-refractivity contribution in [2.75, 3.05) is 18.9 Å². The molecule has 0 radical (unpaired) electrons. The third-order valence-electron chi connectivity index (χ3n) is 2.81. The van der Waals surface area contributed by atoms with Gasteiger partial charge in [-0.2, -0.15) is 0 Å². The summed E-state index contributed by atoms with van der Waals surface area (Å²) in [7, 11) is 0. The molecule has 0 aliphatic carbocycles. The Labute approximate surface area is 119 Å². The van der Waals surface area contributed by atoms with Crippen molar-refractivity contribution in [2.24, 2.45) is 0 Å². The Bertz CT molecular complexity index is 418. The highest BCUT2D eigenvalue weighted by molar-refractivity contribution is 5.67. The topological polar surface area (TPSA) is 87.6 Å². The number of ether oxygens (including phenoxy) is 2. The number of nitrogens with zero attached hydrogens (tertiary/aromatic N) is 1. The largest absolute Gasteiger partial charge is 0.491 e. The summed E-state index contributed by atoms with van der Waals surface area (Å²) in [6.45, 7) is 5.05. The van der Waals surface area contributed by atoms with Gasteiger partial charge in [0.2, 0.25) is 0 Å². The highest BCUT2D eigenvalue weighted by atomic mass is 16.6. The summed E-state index contributed by atoms with van der Waals surface area (Å²) in [6, 6.07) is 2.69. The molecule has 6 heteroatoms. The van der Waals surface area contributed by atoms with E-state index < -0.39 is 4.92 Å². The van der Waals surface area contributed by atoms with Gasteiger partial charge in [-0.05, 0) is 12.8 Å². The molecule has 1 aromatic rings. The first-order valence-electron chi connectivity index (χ1n) is 6.93. The fourth-order valence-electron chi connectivity index (χ4n) is 1.58. The molecule has 1 aromatic carbocycles. The van der Waals surface area contributed by atoms with E-state index in [-0.39, 0.29) is 5.69 Å². The van der Waals surface area contributed by atoms with E-state index in [2.05, 4.69) is 0 Å². The zero-order chi connectivity index (χ0) is 15.0. The van der Waals surface area contributed by atoms with E-state index in [1.54, 1.807) is 0 Å². The van der Waals surface area contributed by atoms with Gasteiger partial charge in [-0.15, -0.1) is 0 Å². The minimum Gasteiger partial charge on any atom is -0.491 e. The van der Waals surface area contributed by atoms with Crippen molar-refractivity contribution < 1.29 is 14.4 Å². The van der Waals surface area contributed by atoms with Crippen LogP contribution in [0.2, 0.25) is 0 Å². The molecule has 0 unspecified atom stereocenters. The third kappa shape index (κ3) is 4.60. The summed E-state index contributed by atoms with van der Waals surface area (Å²) in [6.07, 6.45) is 3.70. The van der Waals surface area contributed by atoms with Gasteiger partial charge in [0.05, 0.1) is 30.3 Å². The molecule has 0 fully saturated rings. The first kappa shape index (κ1) is 16.1. The number of nitro benzene ring substituents is 1. The zero-order valence-electron chi connectivity index (χ0n) is 12.1. The molecule has 0 bridgehead atoms. The van der Waals surface area contributed by atoms with Crippen molar-refractivity contribution in [3.05, 3.63) is 22.2 Å². The Morgan fingerprint density at radius 3 is 1.90 bits per heavy atom. The van der Waals surface area contributed by atoms with Crippen LogP contribution in [-0.4, -0.2) is 18.1 Å². The summed E-state index contributed by atoms with van der Waals surface area (Å²) in [5, 5.41) is 10.9. The van der Waals surface area contributed by atoms with E-state index in [4.69, 9.17) is 15.2 Å². The van der Waals surface area contributed by atoms with Gasteiger partial charge in [0.25, 0.3) is 5.69 Å². The minimum atomic E-state index is -0.473. The lowest BCUT2D eigenvalue weighted by molar-refractivity contribution is -0.385. The molecule has 0 aliphatic rings. The number of anilines is 1. The molecule has 20 heavy (non-hydrogen) atoms. The van der Waals surface area contributed by atoms with E-state index in [9.17, 15) is 10.1 Å². The van der Waals surface area contributed by atoms with Gasteiger partial charge in [-0.3, -0.25) is 10.1 Å². The molecule has 112 valence electrons. The maximum atomic E-state index is 10.9. The van der Waals surface area contributed by atoms with Gasteiger partial charge < -0.3 is 15.2 Å². The smallest absolute Gasteiger partial charge is 0.277 e. The predicted molar refractivity (Wildman–Crippen MR) is 78.3 cm³/mol. The number of non-ortho nitro benzene ring substituents is 1. The van der Waals surface area contributed by atoms with Crippen molar-refractivity contribution in [3.8, 4) is 11.5 Å². The first-order chi connectivity index (χ1) is 9.60. The number of rotatable bonds is 9. The number of nitro groups is 1. The molecule has 0 aliphatic heterocycles. The van der Waals surface area contributed by atoms with Crippen molar-refractivity contribution in [1.29, 1.82) is 0 Å². The molecule has 0 saturated carbocycles. The van der Waals surface area contributed by atoms with Crippen molar-refractivity contribution in [2.45, 2.75) is 39.5 Å². The van der Waals surface area contributed by atoms with Crippen LogP contribution in [0.3, 0.4) is 0 Å². The molecule has 1 rings (SSSR count). The molecule has 0 spiro atoms. The summed E-state index contributed by atoms with van der Waals surface area (Å²) in [5.74, 6) is 0.637. The number of unbranched alkanes of at least 4 members (excludes halogenated alkanes) is 2. The lowest BCUT2D eigenvalue weighted by Gasteiger charge is -2.13. The van der Waals surface area contributed by atoms with Crippen LogP contribution in [0.25, 0.3) is 0 Å². The molecule has 0 saturated heterocycles.